The van der Waals surface area contributed by atoms with Gasteiger partial charge in [-0.2, -0.15) is 10.4 Å². The third kappa shape index (κ3) is 3.50. The lowest BCUT2D eigenvalue weighted by Gasteiger charge is -2.27. The minimum Gasteiger partial charge on any atom is -0.481 e. The third-order valence-electron chi connectivity index (χ3n) is 5.80. The van der Waals surface area contributed by atoms with E-state index in [0.29, 0.717) is 33.4 Å². The number of nitriles is 1. The molecule has 0 amide bonds. The Balaban J connectivity index is 2.18. The minimum atomic E-state index is -1.80. The Morgan fingerprint density at radius 1 is 1.34 bits per heavy atom. The van der Waals surface area contributed by atoms with Crippen molar-refractivity contribution in [3.8, 4) is 11.8 Å². The number of aromatic nitrogens is 3. The highest BCUT2D eigenvalue weighted by molar-refractivity contribution is 5.99. The van der Waals surface area contributed by atoms with Crippen molar-refractivity contribution in [2.75, 3.05) is 0 Å². The fourth-order valence-corrected chi connectivity index (χ4v) is 4.31. The van der Waals surface area contributed by atoms with Crippen molar-refractivity contribution in [3.63, 3.8) is 0 Å². The summed E-state index contributed by atoms with van der Waals surface area (Å²) in [5.74, 6) is -1.63. The lowest BCUT2D eigenvalue weighted by molar-refractivity contribution is -0.138. The van der Waals surface area contributed by atoms with Gasteiger partial charge in [-0.25, -0.2) is 8.78 Å². The molecule has 0 spiro atoms. The fourth-order valence-electron chi connectivity index (χ4n) is 4.31. The summed E-state index contributed by atoms with van der Waals surface area (Å²) in [5, 5.41) is 27.0. The number of carboxylic acid groups (broad SMARTS) is 1. The molecule has 0 unspecified atom stereocenters. The highest BCUT2D eigenvalue weighted by Crippen LogP contribution is 2.44. The van der Waals surface area contributed by atoms with E-state index in [1.807, 2.05) is 24.5 Å². The molecule has 0 aliphatic heterocycles. The molecule has 0 fully saturated rings. The number of rotatable bonds is 6. The molecule has 32 heavy (non-hydrogen) atoms. The topological polar surface area (TPSA) is 94.7 Å². The fraction of sp³-hybridized carbons (Fsp3) is 0.292. The van der Waals surface area contributed by atoms with E-state index in [-0.39, 0.29) is 17.8 Å². The molecule has 1 atom stereocenters. The van der Waals surface area contributed by atoms with Crippen LogP contribution in [0, 0.1) is 24.1 Å². The van der Waals surface area contributed by atoms with Gasteiger partial charge in [0.05, 0.1) is 29.7 Å². The van der Waals surface area contributed by atoms with Gasteiger partial charge in [0.25, 0.3) is 0 Å². The number of nitrogens with one attached hydrogen (secondary N) is 1. The van der Waals surface area contributed by atoms with E-state index in [0.717, 1.165) is 5.39 Å². The number of H-pyrrole nitrogens is 1. The van der Waals surface area contributed by atoms with Crippen LogP contribution in [0.15, 0.2) is 36.5 Å². The first-order valence-electron chi connectivity index (χ1n) is 10.2. The van der Waals surface area contributed by atoms with E-state index in [4.69, 9.17) is 0 Å². The summed E-state index contributed by atoms with van der Waals surface area (Å²) >= 11 is 0. The maximum atomic E-state index is 15.6. The van der Waals surface area contributed by atoms with Crippen LogP contribution in [0.1, 0.15) is 49.7 Å². The Labute approximate surface area is 183 Å². The van der Waals surface area contributed by atoms with Crippen LogP contribution >= 0.6 is 0 Å². The molecular weight excluding hydrogens is 414 g/mol. The molecule has 0 saturated carbocycles. The summed E-state index contributed by atoms with van der Waals surface area (Å²) in [6, 6.07) is 10.4. The average Bonchev–Trinajstić information content (AvgIpc) is 3.29. The molecule has 2 N–H and O–H groups in total. The Morgan fingerprint density at radius 2 is 2.09 bits per heavy atom. The van der Waals surface area contributed by atoms with Gasteiger partial charge < -0.3 is 9.67 Å². The number of fused-ring (bicyclic) bond motifs is 2. The number of alkyl halides is 1. The summed E-state index contributed by atoms with van der Waals surface area (Å²) in [6.45, 7) is 5.28. The number of hydrogen-bond donors (Lipinski definition) is 2. The maximum absolute atomic E-state index is 15.6. The molecule has 164 valence electrons. The van der Waals surface area contributed by atoms with Gasteiger partial charge in [-0.3, -0.25) is 9.89 Å². The quantitative estimate of drug-likeness (QED) is 0.409. The molecule has 0 radical (unpaired) electrons. The van der Waals surface area contributed by atoms with Crippen molar-refractivity contribution in [1.82, 2.24) is 14.8 Å². The largest absolute Gasteiger partial charge is 0.481 e. The van der Waals surface area contributed by atoms with Crippen molar-refractivity contribution >= 4 is 27.8 Å². The van der Waals surface area contributed by atoms with Gasteiger partial charge in [-0.15, -0.1) is 0 Å². The summed E-state index contributed by atoms with van der Waals surface area (Å²) in [4.78, 5) is 11.4. The number of aliphatic carboxylic acids is 1. The Morgan fingerprint density at radius 3 is 2.75 bits per heavy atom. The smallest absolute Gasteiger partial charge is 0.306 e. The normalized spacial score (nSPS) is 12.9. The number of nitrogens with zero attached hydrogens (tertiary/aromatic N) is 3. The van der Waals surface area contributed by atoms with Crippen molar-refractivity contribution in [2.24, 2.45) is 0 Å². The predicted octanol–water partition coefficient (Wildman–Crippen LogP) is 5.63. The van der Waals surface area contributed by atoms with E-state index < -0.39 is 24.0 Å². The van der Waals surface area contributed by atoms with Gasteiger partial charge in [-0.05, 0) is 42.8 Å². The highest BCUT2D eigenvalue weighted by atomic mass is 19.1. The molecule has 2 aromatic carbocycles. The zero-order valence-corrected chi connectivity index (χ0v) is 17.9. The van der Waals surface area contributed by atoms with Crippen LogP contribution in [0.5, 0.6) is 0 Å². The molecule has 0 aliphatic rings. The Kier molecular flexibility index (Phi) is 5.21. The van der Waals surface area contributed by atoms with Gasteiger partial charge in [0.2, 0.25) is 0 Å². The van der Waals surface area contributed by atoms with Crippen LogP contribution in [0.3, 0.4) is 0 Å². The standard InChI is InChI=1S/C24H22F2N4O2/c1-13-8-15(4-5-17(13)25)30-20-9-14-12-28-29-19(14)10-16(20)22(18(26)11-21(31)32)23(30)24(2,3)6-7-27/h4-5,8-10,12,18H,6,11H2,1-3H3,(H,28,29)(H,31,32)/t18-/m1/s1. The molecule has 6 nitrogen and oxygen atoms in total. The average molecular weight is 436 g/mol. The number of hydrogen-bond acceptors (Lipinski definition) is 3. The Hall–Kier alpha value is -3.73. The first-order valence-corrected chi connectivity index (χ1v) is 10.2. The first kappa shape index (κ1) is 21.5. The lowest BCUT2D eigenvalue weighted by Crippen LogP contribution is -2.23. The van der Waals surface area contributed by atoms with Crippen LogP contribution in [0.25, 0.3) is 27.5 Å². The van der Waals surface area contributed by atoms with Crippen LogP contribution in [0.2, 0.25) is 0 Å². The SMILES string of the molecule is Cc1cc(-n2c(C(C)(C)CC#N)c([C@H](F)CC(=O)O)c3cc4[nH]ncc4cc32)ccc1F. The predicted molar refractivity (Wildman–Crippen MR) is 117 cm³/mol. The summed E-state index contributed by atoms with van der Waals surface area (Å²) in [5.41, 5.74) is 2.23. The van der Waals surface area contributed by atoms with Gasteiger partial charge in [0, 0.05) is 39.6 Å². The zero-order chi connectivity index (χ0) is 23.2. The van der Waals surface area contributed by atoms with Gasteiger partial charge in [-0.1, -0.05) is 13.8 Å². The molecule has 2 aromatic heterocycles. The van der Waals surface area contributed by atoms with E-state index >= 15 is 4.39 Å². The van der Waals surface area contributed by atoms with Crippen molar-refractivity contribution < 1.29 is 18.7 Å². The van der Waals surface area contributed by atoms with E-state index in [2.05, 4.69) is 16.3 Å². The summed E-state index contributed by atoms with van der Waals surface area (Å²) in [6.07, 6.45) is -0.786. The number of benzene rings is 2. The summed E-state index contributed by atoms with van der Waals surface area (Å²) < 4.78 is 31.4. The monoisotopic (exact) mass is 436 g/mol. The molecule has 2 heterocycles. The molecule has 8 heteroatoms. The molecular formula is C24H22F2N4O2. The molecule has 4 aromatic rings. The van der Waals surface area contributed by atoms with Crippen LogP contribution < -0.4 is 0 Å². The van der Waals surface area contributed by atoms with Crippen molar-refractivity contribution in [2.45, 2.75) is 45.2 Å². The second-order valence-electron chi connectivity index (χ2n) is 8.64. The number of carbonyl (C=O) groups is 1. The second-order valence-corrected chi connectivity index (χ2v) is 8.64. The van der Waals surface area contributed by atoms with Gasteiger partial charge in [0.1, 0.15) is 12.0 Å². The number of carboxylic acids is 1. The zero-order valence-electron chi connectivity index (χ0n) is 17.9. The van der Waals surface area contributed by atoms with Crippen LogP contribution in [0.4, 0.5) is 8.78 Å². The maximum Gasteiger partial charge on any atom is 0.306 e. The van der Waals surface area contributed by atoms with E-state index in [9.17, 15) is 19.6 Å². The first-order chi connectivity index (χ1) is 15.1. The lowest BCUT2D eigenvalue weighted by atomic mass is 9.82. The van der Waals surface area contributed by atoms with Crippen LogP contribution in [-0.2, 0) is 10.2 Å². The van der Waals surface area contributed by atoms with Crippen molar-refractivity contribution in [3.05, 3.63) is 59.2 Å². The molecule has 4 rings (SSSR count). The highest BCUT2D eigenvalue weighted by Gasteiger charge is 2.35. The number of aryl methyl sites for hydroxylation is 1. The molecule has 0 bridgehead atoms. The van der Waals surface area contributed by atoms with E-state index in [1.165, 1.54) is 6.07 Å². The van der Waals surface area contributed by atoms with Gasteiger partial charge >= 0.3 is 5.97 Å². The number of halogens is 2. The Bertz CT molecular complexity index is 1390. The minimum absolute atomic E-state index is 0.0791. The molecule has 0 aliphatic carbocycles. The number of aromatic amines is 1. The summed E-state index contributed by atoms with van der Waals surface area (Å²) in [7, 11) is 0. The van der Waals surface area contributed by atoms with Crippen molar-refractivity contribution in [1.29, 1.82) is 5.26 Å². The second kappa shape index (κ2) is 7.75. The molecule has 0 saturated heterocycles. The third-order valence-corrected chi connectivity index (χ3v) is 5.80. The van der Waals surface area contributed by atoms with E-state index in [1.54, 1.807) is 31.3 Å². The van der Waals surface area contributed by atoms with Crippen LogP contribution in [-0.4, -0.2) is 25.8 Å². The van der Waals surface area contributed by atoms with Gasteiger partial charge in [0.15, 0.2) is 0 Å².